The van der Waals surface area contributed by atoms with Crippen molar-refractivity contribution in [1.82, 2.24) is 0 Å². The van der Waals surface area contributed by atoms with Crippen LogP contribution in [0.4, 0.5) is 5.69 Å². The Morgan fingerprint density at radius 2 is 1.55 bits per heavy atom. The number of hydrogen-bond acceptors (Lipinski definition) is 5. The van der Waals surface area contributed by atoms with E-state index >= 15 is 0 Å². The predicted molar refractivity (Wildman–Crippen MR) is 120 cm³/mol. The van der Waals surface area contributed by atoms with Crippen LogP contribution in [0.1, 0.15) is 18.1 Å². The van der Waals surface area contributed by atoms with Gasteiger partial charge < -0.3 is 9.47 Å². The van der Waals surface area contributed by atoms with Gasteiger partial charge in [0.25, 0.3) is 15.9 Å². The van der Waals surface area contributed by atoms with Gasteiger partial charge in [-0.15, -0.1) is 0 Å². The molecule has 6 nitrogen and oxygen atoms in total. The Labute approximate surface area is 183 Å². The number of carbonyl (C=O) groups excluding carboxylic acids is 1. The molecule has 0 spiro atoms. The first-order valence-electron chi connectivity index (χ1n) is 9.89. The van der Waals surface area contributed by atoms with E-state index in [9.17, 15) is 13.2 Å². The van der Waals surface area contributed by atoms with Crippen molar-refractivity contribution in [2.45, 2.75) is 25.7 Å². The van der Waals surface area contributed by atoms with Gasteiger partial charge in [0.1, 0.15) is 11.5 Å². The quantitative estimate of drug-likeness (QED) is 0.517. The Morgan fingerprint density at radius 1 is 0.871 bits per heavy atom. The lowest BCUT2D eigenvalue weighted by Gasteiger charge is -2.23. The van der Waals surface area contributed by atoms with E-state index in [2.05, 4.69) is 0 Å². The van der Waals surface area contributed by atoms with Crippen molar-refractivity contribution >= 4 is 21.6 Å². The number of hydrogen-bond donors (Lipinski definition) is 0. The summed E-state index contributed by atoms with van der Waals surface area (Å²) in [4.78, 5) is 13.2. The highest BCUT2D eigenvalue weighted by Gasteiger charge is 2.31. The first kappa shape index (κ1) is 22.4. The molecule has 0 aromatic heterocycles. The maximum Gasteiger partial charge on any atom is 0.278 e. The summed E-state index contributed by atoms with van der Waals surface area (Å²) in [5, 5.41) is 0. The third-order valence-electron chi connectivity index (χ3n) is 4.80. The van der Waals surface area contributed by atoms with Crippen LogP contribution < -0.4 is 13.8 Å². The van der Waals surface area contributed by atoms with Crippen LogP contribution in [0, 0.1) is 13.8 Å². The Morgan fingerprint density at radius 3 is 2.19 bits per heavy atom. The fraction of sp³-hybridized carbons (Fsp3) is 0.208. The van der Waals surface area contributed by atoms with Crippen LogP contribution in [0.3, 0.4) is 0 Å². The standard InChI is InChI=1S/C24H25NO5S/c1-4-29-21-15-13-20(14-16-21)25(31(27,28)22-10-6-5-7-11-22)24(26)17-30-23-12-8-9-18(2)19(23)3/h5-16H,4,17H2,1-3H3. The van der Waals surface area contributed by atoms with Gasteiger partial charge in [0.05, 0.1) is 17.2 Å². The fourth-order valence-electron chi connectivity index (χ4n) is 3.04. The number of anilines is 1. The van der Waals surface area contributed by atoms with E-state index < -0.39 is 22.5 Å². The summed E-state index contributed by atoms with van der Waals surface area (Å²) < 4.78 is 38.6. The molecule has 7 heteroatoms. The van der Waals surface area contributed by atoms with E-state index in [-0.39, 0.29) is 10.6 Å². The molecule has 0 bridgehead atoms. The smallest absolute Gasteiger partial charge is 0.278 e. The molecule has 0 fully saturated rings. The lowest BCUT2D eigenvalue weighted by Crippen LogP contribution is -2.40. The zero-order chi connectivity index (χ0) is 22.4. The minimum absolute atomic E-state index is 0.0176. The molecule has 0 aliphatic rings. The van der Waals surface area contributed by atoms with E-state index in [4.69, 9.17) is 9.47 Å². The zero-order valence-corrected chi connectivity index (χ0v) is 18.6. The summed E-state index contributed by atoms with van der Waals surface area (Å²) in [7, 11) is -4.14. The van der Waals surface area contributed by atoms with Crippen LogP contribution >= 0.6 is 0 Å². The number of benzene rings is 3. The number of sulfonamides is 1. The highest BCUT2D eigenvalue weighted by molar-refractivity contribution is 7.93. The van der Waals surface area contributed by atoms with E-state index in [0.29, 0.717) is 18.1 Å². The number of amides is 1. The van der Waals surface area contributed by atoms with Crippen LogP contribution in [0.15, 0.2) is 77.7 Å². The monoisotopic (exact) mass is 439 g/mol. The van der Waals surface area contributed by atoms with Crippen molar-refractivity contribution < 1.29 is 22.7 Å². The first-order valence-corrected chi connectivity index (χ1v) is 11.3. The summed E-state index contributed by atoms with van der Waals surface area (Å²) in [6.07, 6.45) is 0. The lowest BCUT2D eigenvalue weighted by molar-refractivity contribution is -0.119. The van der Waals surface area contributed by atoms with E-state index in [1.54, 1.807) is 48.5 Å². The van der Waals surface area contributed by atoms with Crippen molar-refractivity contribution in [3.63, 3.8) is 0 Å². The van der Waals surface area contributed by atoms with Crippen LogP contribution in [0.25, 0.3) is 0 Å². The Kier molecular flexibility index (Phi) is 6.97. The average Bonchev–Trinajstić information content (AvgIpc) is 2.77. The highest BCUT2D eigenvalue weighted by atomic mass is 32.2. The lowest BCUT2D eigenvalue weighted by atomic mass is 10.1. The number of nitrogens with zero attached hydrogens (tertiary/aromatic N) is 1. The Hall–Kier alpha value is -3.32. The summed E-state index contributed by atoms with van der Waals surface area (Å²) >= 11 is 0. The summed E-state index contributed by atoms with van der Waals surface area (Å²) in [6, 6.07) is 19.7. The number of ether oxygens (including phenoxy) is 2. The molecule has 0 saturated heterocycles. The zero-order valence-electron chi connectivity index (χ0n) is 17.7. The second-order valence-corrected chi connectivity index (χ2v) is 8.68. The van der Waals surface area contributed by atoms with Gasteiger partial charge in [0.15, 0.2) is 6.61 Å². The largest absolute Gasteiger partial charge is 0.494 e. The van der Waals surface area contributed by atoms with Gasteiger partial charge in [0, 0.05) is 0 Å². The van der Waals surface area contributed by atoms with Gasteiger partial charge in [-0.3, -0.25) is 4.79 Å². The molecule has 0 radical (unpaired) electrons. The maximum absolute atomic E-state index is 13.3. The van der Waals surface area contributed by atoms with Gasteiger partial charge in [-0.1, -0.05) is 30.3 Å². The molecule has 3 rings (SSSR count). The second-order valence-electron chi connectivity index (χ2n) is 6.89. The molecule has 3 aromatic carbocycles. The van der Waals surface area contributed by atoms with E-state index in [0.717, 1.165) is 15.4 Å². The Balaban J connectivity index is 1.95. The molecule has 1 amide bonds. The second kappa shape index (κ2) is 9.66. The number of carbonyl (C=O) groups is 1. The molecular formula is C24H25NO5S. The van der Waals surface area contributed by atoms with Crippen LogP contribution in [-0.2, 0) is 14.8 Å². The van der Waals surface area contributed by atoms with Crippen molar-refractivity contribution in [2.24, 2.45) is 0 Å². The molecule has 0 N–H and O–H groups in total. The molecular weight excluding hydrogens is 414 g/mol. The van der Waals surface area contributed by atoms with Gasteiger partial charge in [0.2, 0.25) is 0 Å². The van der Waals surface area contributed by atoms with Gasteiger partial charge >= 0.3 is 0 Å². The molecule has 31 heavy (non-hydrogen) atoms. The van der Waals surface area contributed by atoms with E-state index in [1.165, 1.54) is 12.1 Å². The van der Waals surface area contributed by atoms with Crippen LogP contribution in [0.2, 0.25) is 0 Å². The van der Waals surface area contributed by atoms with Gasteiger partial charge in [-0.25, -0.2) is 8.42 Å². The van der Waals surface area contributed by atoms with E-state index in [1.807, 2.05) is 32.9 Å². The van der Waals surface area contributed by atoms with Crippen molar-refractivity contribution in [3.05, 3.63) is 83.9 Å². The first-order chi connectivity index (χ1) is 14.8. The van der Waals surface area contributed by atoms with Crippen LogP contribution in [-0.4, -0.2) is 27.5 Å². The SMILES string of the molecule is CCOc1ccc(N(C(=O)COc2cccc(C)c2C)S(=O)(=O)c2ccccc2)cc1. The highest BCUT2D eigenvalue weighted by Crippen LogP contribution is 2.27. The third kappa shape index (κ3) is 5.06. The Bertz CT molecular complexity index is 1140. The van der Waals surface area contributed by atoms with Gasteiger partial charge in [-0.2, -0.15) is 4.31 Å². The third-order valence-corrected chi connectivity index (χ3v) is 6.56. The molecule has 162 valence electrons. The van der Waals surface area contributed by atoms with Crippen molar-refractivity contribution in [3.8, 4) is 11.5 Å². The minimum atomic E-state index is -4.14. The van der Waals surface area contributed by atoms with Crippen LogP contribution in [0.5, 0.6) is 11.5 Å². The summed E-state index contributed by atoms with van der Waals surface area (Å²) in [5.41, 5.74) is 2.13. The molecule has 0 atom stereocenters. The molecule has 0 heterocycles. The molecule has 0 unspecified atom stereocenters. The molecule has 0 aliphatic heterocycles. The summed E-state index contributed by atoms with van der Waals surface area (Å²) in [6.45, 7) is 5.74. The molecule has 0 aliphatic carbocycles. The number of aryl methyl sites for hydroxylation is 1. The summed E-state index contributed by atoms with van der Waals surface area (Å²) in [5.74, 6) is 0.424. The topological polar surface area (TPSA) is 72.9 Å². The molecule has 3 aromatic rings. The maximum atomic E-state index is 13.3. The average molecular weight is 440 g/mol. The fourth-order valence-corrected chi connectivity index (χ4v) is 4.47. The van der Waals surface area contributed by atoms with Crippen molar-refractivity contribution in [2.75, 3.05) is 17.5 Å². The van der Waals surface area contributed by atoms with Gasteiger partial charge in [-0.05, 0) is 74.4 Å². The minimum Gasteiger partial charge on any atom is -0.494 e. The van der Waals surface area contributed by atoms with Crippen molar-refractivity contribution in [1.29, 1.82) is 0 Å². The normalized spacial score (nSPS) is 11.1. The molecule has 0 saturated carbocycles. The predicted octanol–water partition coefficient (Wildman–Crippen LogP) is 4.50. The number of rotatable bonds is 8.